The number of halogens is 1. The van der Waals surface area contributed by atoms with Crippen LogP contribution < -0.4 is 0 Å². The SMILES string of the molecule is CC(C)(C)CSCl. The summed E-state index contributed by atoms with van der Waals surface area (Å²) >= 11 is 0. The van der Waals surface area contributed by atoms with Crippen LogP contribution in [0.15, 0.2) is 0 Å². The summed E-state index contributed by atoms with van der Waals surface area (Å²) in [5.41, 5.74) is 0.381. The van der Waals surface area contributed by atoms with E-state index < -0.39 is 0 Å². The van der Waals surface area contributed by atoms with E-state index in [2.05, 4.69) is 20.8 Å². The van der Waals surface area contributed by atoms with Gasteiger partial charge in [-0.25, -0.2) is 0 Å². The van der Waals surface area contributed by atoms with Gasteiger partial charge in [0.25, 0.3) is 0 Å². The first-order chi connectivity index (χ1) is 3.06. The van der Waals surface area contributed by atoms with Crippen molar-refractivity contribution in [3.8, 4) is 0 Å². The molecule has 0 aromatic rings. The fourth-order valence-electron chi connectivity index (χ4n) is 0.164. The van der Waals surface area contributed by atoms with Gasteiger partial charge < -0.3 is 0 Å². The van der Waals surface area contributed by atoms with Crippen LogP contribution >= 0.6 is 21.7 Å². The molecule has 44 valence electrons. The Morgan fingerprint density at radius 3 is 1.86 bits per heavy atom. The first kappa shape index (κ1) is 7.64. The third-order valence-electron chi connectivity index (χ3n) is 0.488. The molecule has 0 nitrogen and oxygen atoms in total. The van der Waals surface area contributed by atoms with E-state index in [1.54, 1.807) is 0 Å². The molecule has 0 aliphatic rings. The van der Waals surface area contributed by atoms with Crippen LogP contribution in [0.25, 0.3) is 0 Å². The Morgan fingerprint density at radius 2 is 1.86 bits per heavy atom. The fraction of sp³-hybridized carbons (Fsp3) is 1.00. The van der Waals surface area contributed by atoms with Gasteiger partial charge in [0.15, 0.2) is 0 Å². The molecule has 0 aromatic heterocycles. The van der Waals surface area contributed by atoms with Crippen LogP contribution in [-0.4, -0.2) is 5.75 Å². The Balaban J connectivity index is 3.15. The van der Waals surface area contributed by atoms with Gasteiger partial charge in [0.1, 0.15) is 0 Å². The molecule has 0 N–H and O–H groups in total. The molecule has 0 atom stereocenters. The minimum atomic E-state index is 0.381. The molecule has 0 aliphatic heterocycles. The Morgan fingerprint density at radius 1 is 1.43 bits per heavy atom. The summed E-state index contributed by atoms with van der Waals surface area (Å²) in [4.78, 5) is 0. The summed E-state index contributed by atoms with van der Waals surface area (Å²) in [5, 5.41) is 0. The van der Waals surface area contributed by atoms with Gasteiger partial charge in [-0.15, -0.1) is 0 Å². The molecule has 0 aliphatic carbocycles. The maximum Gasteiger partial charge on any atom is 0.0134 e. The molecule has 2 heteroatoms. The van der Waals surface area contributed by atoms with E-state index in [1.807, 2.05) is 0 Å². The number of rotatable bonds is 1. The van der Waals surface area contributed by atoms with Crippen molar-refractivity contribution in [1.29, 1.82) is 0 Å². The average Bonchev–Trinajstić information content (AvgIpc) is 1.30. The quantitative estimate of drug-likeness (QED) is 0.537. The minimum absolute atomic E-state index is 0.381. The highest BCUT2D eigenvalue weighted by molar-refractivity contribution is 8.21. The first-order valence-electron chi connectivity index (χ1n) is 2.30. The highest BCUT2D eigenvalue weighted by atomic mass is 35.7. The minimum Gasteiger partial charge on any atom is -0.0593 e. The van der Waals surface area contributed by atoms with E-state index in [-0.39, 0.29) is 0 Å². The van der Waals surface area contributed by atoms with Crippen molar-refractivity contribution in [1.82, 2.24) is 0 Å². The molecule has 7 heavy (non-hydrogen) atoms. The second kappa shape index (κ2) is 2.83. The van der Waals surface area contributed by atoms with Gasteiger partial charge in [0.2, 0.25) is 0 Å². The molecule has 0 aromatic carbocycles. The van der Waals surface area contributed by atoms with Crippen LogP contribution in [0.3, 0.4) is 0 Å². The van der Waals surface area contributed by atoms with Crippen molar-refractivity contribution in [3.05, 3.63) is 0 Å². The third kappa shape index (κ3) is 6.64. The van der Waals surface area contributed by atoms with Gasteiger partial charge in [0, 0.05) is 5.75 Å². The maximum atomic E-state index is 5.40. The van der Waals surface area contributed by atoms with Gasteiger partial charge in [-0.05, 0) is 16.1 Å². The van der Waals surface area contributed by atoms with E-state index in [4.69, 9.17) is 10.7 Å². The lowest BCUT2D eigenvalue weighted by molar-refractivity contribution is 0.482. The molecule has 0 saturated heterocycles. The van der Waals surface area contributed by atoms with E-state index >= 15 is 0 Å². The zero-order valence-corrected chi connectivity index (χ0v) is 6.57. The first-order valence-corrected chi connectivity index (χ1v) is 4.11. The average molecular weight is 139 g/mol. The predicted octanol–water partition coefficient (Wildman–Crippen LogP) is 2.92. The summed E-state index contributed by atoms with van der Waals surface area (Å²) in [6, 6.07) is 0. The summed E-state index contributed by atoms with van der Waals surface area (Å²) in [6.07, 6.45) is 0. The molecule has 0 unspecified atom stereocenters. The van der Waals surface area contributed by atoms with Crippen LogP contribution in [0, 0.1) is 5.41 Å². The summed E-state index contributed by atoms with van der Waals surface area (Å²) in [7, 11) is 6.78. The molecule has 0 spiro atoms. The fourth-order valence-corrected chi connectivity index (χ4v) is 1.47. The summed E-state index contributed by atoms with van der Waals surface area (Å²) < 4.78 is 0. The zero-order valence-electron chi connectivity index (χ0n) is 4.99. The van der Waals surface area contributed by atoms with E-state index in [0.29, 0.717) is 5.41 Å². The molecule has 0 heterocycles. The van der Waals surface area contributed by atoms with E-state index in [1.165, 1.54) is 11.0 Å². The van der Waals surface area contributed by atoms with Gasteiger partial charge in [-0.3, -0.25) is 0 Å². The molecule has 0 bridgehead atoms. The van der Waals surface area contributed by atoms with Crippen LogP contribution in [0.1, 0.15) is 20.8 Å². The highest BCUT2D eigenvalue weighted by Gasteiger charge is 2.07. The van der Waals surface area contributed by atoms with Crippen LogP contribution in [0.4, 0.5) is 0 Å². The molecule has 0 amide bonds. The van der Waals surface area contributed by atoms with Crippen molar-refractivity contribution in [2.45, 2.75) is 20.8 Å². The zero-order chi connectivity index (χ0) is 5.91. The third-order valence-corrected chi connectivity index (χ3v) is 1.79. The van der Waals surface area contributed by atoms with Crippen LogP contribution in [0.5, 0.6) is 0 Å². The monoisotopic (exact) mass is 138 g/mol. The molecular weight excluding hydrogens is 128 g/mol. The van der Waals surface area contributed by atoms with Crippen molar-refractivity contribution in [2.75, 3.05) is 5.75 Å². The Hall–Kier alpha value is 0.640. The molecule has 0 radical (unpaired) electrons. The molecule has 0 rings (SSSR count). The lowest BCUT2D eigenvalue weighted by Gasteiger charge is -2.13. The second-order valence-corrected chi connectivity index (χ2v) is 3.98. The van der Waals surface area contributed by atoms with Crippen molar-refractivity contribution in [3.63, 3.8) is 0 Å². The van der Waals surface area contributed by atoms with Gasteiger partial charge in [0.05, 0.1) is 0 Å². The largest absolute Gasteiger partial charge is 0.0593 e. The predicted molar refractivity (Wildman–Crippen MR) is 37.8 cm³/mol. The van der Waals surface area contributed by atoms with Gasteiger partial charge >= 0.3 is 0 Å². The van der Waals surface area contributed by atoms with Crippen molar-refractivity contribution >= 4 is 21.7 Å². The lowest BCUT2D eigenvalue weighted by Crippen LogP contribution is -2.06. The normalized spacial score (nSPS) is 12.0. The van der Waals surface area contributed by atoms with Crippen molar-refractivity contribution < 1.29 is 0 Å². The standard InChI is InChI=1S/C5H11ClS/c1-5(2,3)4-7-6/h4H2,1-3H3. The number of hydrogen-bond donors (Lipinski definition) is 0. The van der Waals surface area contributed by atoms with E-state index in [9.17, 15) is 0 Å². The summed E-state index contributed by atoms with van der Waals surface area (Å²) in [6.45, 7) is 6.51. The summed E-state index contributed by atoms with van der Waals surface area (Å²) in [5.74, 6) is 1.02. The van der Waals surface area contributed by atoms with Crippen LogP contribution in [0.2, 0.25) is 0 Å². The molecular formula is C5H11ClS. The van der Waals surface area contributed by atoms with E-state index in [0.717, 1.165) is 5.75 Å². The van der Waals surface area contributed by atoms with Gasteiger partial charge in [-0.1, -0.05) is 31.7 Å². The Bertz CT molecular complexity index is 46.5. The molecule has 0 saturated carbocycles. The van der Waals surface area contributed by atoms with Gasteiger partial charge in [-0.2, -0.15) is 0 Å². The molecule has 0 fully saturated rings. The number of hydrogen-bond acceptors (Lipinski definition) is 1. The maximum absolute atomic E-state index is 5.40. The second-order valence-electron chi connectivity index (χ2n) is 2.81. The Kier molecular flexibility index (Phi) is 3.09. The Labute approximate surface area is 54.1 Å². The van der Waals surface area contributed by atoms with Crippen molar-refractivity contribution in [2.24, 2.45) is 5.41 Å². The highest BCUT2D eigenvalue weighted by Crippen LogP contribution is 2.22. The van der Waals surface area contributed by atoms with Crippen LogP contribution in [-0.2, 0) is 0 Å². The smallest absolute Gasteiger partial charge is 0.0134 e. The topological polar surface area (TPSA) is 0 Å². The lowest BCUT2D eigenvalue weighted by atomic mass is 10.0.